The highest BCUT2D eigenvalue weighted by Gasteiger charge is 2.32. The molecule has 0 unspecified atom stereocenters. The number of carbonyl (C=O) groups is 2. The van der Waals surface area contributed by atoms with E-state index in [0.29, 0.717) is 41.5 Å². The van der Waals surface area contributed by atoms with Crippen LogP contribution in [0.3, 0.4) is 0 Å². The molecule has 2 aromatic heterocycles. The Hall–Kier alpha value is -4.98. The summed E-state index contributed by atoms with van der Waals surface area (Å²) in [5, 5.41) is 13.5. The third kappa shape index (κ3) is 6.97. The van der Waals surface area contributed by atoms with Gasteiger partial charge in [0, 0.05) is 54.9 Å². The van der Waals surface area contributed by atoms with Crippen LogP contribution in [0.5, 0.6) is 0 Å². The number of aromatic nitrogens is 4. The third-order valence-electron chi connectivity index (χ3n) is 7.37. The quantitative estimate of drug-likeness (QED) is 0.293. The zero-order valence-electron chi connectivity index (χ0n) is 24.4. The first-order valence-electron chi connectivity index (χ1n) is 13.9. The number of benzene rings is 2. The summed E-state index contributed by atoms with van der Waals surface area (Å²) in [4.78, 5) is 33.0. The summed E-state index contributed by atoms with van der Waals surface area (Å²) >= 11 is 0. The van der Waals surface area contributed by atoms with Crippen molar-refractivity contribution in [2.45, 2.75) is 20.0 Å². The van der Waals surface area contributed by atoms with Crippen molar-refractivity contribution in [2.75, 3.05) is 55.4 Å². The lowest BCUT2D eigenvalue weighted by Gasteiger charge is -2.36. The summed E-state index contributed by atoms with van der Waals surface area (Å²) in [6.07, 6.45) is -2.04. The molecule has 4 aromatic rings. The topological polar surface area (TPSA) is 118 Å². The van der Waals surface area contributed by atoms with Crippen LogP contribution in [-0.2, 0) is 10.9 Å². The number of methoxy groups -OCH3 is 1. The van der Waals surface area contributed by atoms with Crippen LogP contribution < -0.4 is 15.5 Å². The van der Waals surface area contributed by atoms with Crippen molar-refractivity contribution in [3.8, 4) is 16.9 Å². The SMILES string of the molecule is CCN1CCN(c2cc(NC(=O)c3ccc(C)c(-n4cc(-c5ccc(NC(=O)OC)nc5)nn4)c3)cc(C(F)(F)F)c2)CC1. The van der Waals surface area contributed by atoms with Gasteiger partial charge in [-0.2, -0.15) is 13.2 Å². The largest absolute Gasteiger partial charge is 0.453 e. The van der Waals surface area contributed by atoms with E-state index in [1.165, 1.54) is 18.0 Å². The second-order valence-electron chi connectivity index (χ2n) is 10.2. The highest BCUT2D eigenvalue weighted by Crippen LogP contribution is 2.35. The molecule has 0 saturated carbocycles. The Bertz CT molecular complexity index is 1650. The molecule has 1 fully saturated rings. The fraction of sp³-hybridized carbons (Fsp3) is 0.300. The van der Waals surface area contributed by atoms with Gasteiger partial charge in [-0.1, -0.05) is 18.2 Å². The van der Waals surface area contributed by atoms with E-state index in [1.807, 2.05) is 11.8 Å². The second kappa shape index (κ2) is 12.7. The third-order valence-corrected chi connectivity index (χ3v) is 7.37. The van der Waals surface area contributed by atoms with Gasteiger partial charge in [-0.25, -0.2) is 14.5 Å². The predicted molar refractivity (Wildman–Crippen MR) is 159 cm³/mol. The maximum Gasteiger partial charge on any atom is 0.416 e. The Morgan fingerprint density at radius 1 is 1.00 bits per heavy atom. The van der Waals surface area contributed by atoms with E-state index in [1.54, 1.807) is 42.6 Å². The molecule has 0 spiro atoms. The summed E-state index contributed by atoms with van der Waals surface area (Å²) in [6.45, 7) is 7.45. The smallest absolute Gasteiger partial charge is 0.416 e. The molecule has 1 aliphatic rings. The molecule has 5 rings (SSSR count). The minimum absolute atomic E-state index is 0.0561. The molecule has 2 N–H and O–H groups in total. The number of pyridine rings is 1. The van der Waals surface area contributed by atoms with Gasteiger partial charge in [-0.15, -0.1) is 5.10 Å². The number of carbonyl (C=O) groups excluding carboxylic acids is 2. The first-order valence-corrected chi connectivity index (χ1v) is 13.9. The number of hydrogen-bond acceptors (Lipinski definition) is 8. The highest BCUT2D eigenvalue weighted by molar-refractivity contribution is 6.05. The van der Waals surface area contributed by atoms with E-state index in [2.05, 4.69) is 42.5 Å². The number of nitrogens with zero attached hydrogens (tertiary/aromatic N) is 6. The molecule has 0 bridgehead atoms. The zero-order valence-corrected chi connectivity index (χ0v) is 24.4. The molecule has 3 heterocycles. The lowest BCUT2D eigenvalue weighted by Crippen LogP contribution is -2.46. The predicted octanol–water partition coefficient (Wildman–Crippen LogP) is 5.23. The Kier molecular flexibility index (Phi) is 8.81. The molecule has 0 radical (unpaired) electrons. The molecule has 0 atom stereocenters. The van der Waals surface area contributed by atoms with E-state index < -0.39 is 23.7 Å². The van der Waals surface area contributed by atoms with Gasteiger partial charge in [0.25, 0.3) is 5.91 Å². The number of ether oxygens (including phenoxy) is 1. The minimum atomic E-state index is -4.57. The number of amides is 2. The lowest BCUT2D eigenvalue weighted by atomic mass is 10.1. The molecular formula is C30H31F3N8O3. The normalized spacial score (nSPS) is 13.9. The Morgan fingerprint density at radius 3 is 2.43 bits per heavy atom. The van der Waals surface area contributed by atoms with E-state index in [9.17, 15) is 22.8 Å². The standard InChI is InChI=1S/C30H31F3N8O3/c1-4-39-9-11-40(12-10-39)24-15-22(30(31,32)33)14-23(16-24)35-28(42)20-6-5-19(2)26(13-20)41-18-25(37-38-41)21-7-8-27(34-17-21)36-29(43)44-3/h5-8,13-18H,4,9-12H2,1-3H3,(H,35,42)(H,34,36,43). The summed E-state index contributed by atoms with van der Waals surface area (Å²) in [5.74, 6) is -0.264. The molecule has 0 aliphatic carbocycles. The van der Waals surface area contributed by atoms with Crippen LogP contribution in [0.15, 0.2) is 60.9 Å². The van der Waals surface area contributed by atoms with Crippen LogP contribution >= 0.6 is 0 Å². The molecule has 14 heteroatoms. The number of piperazine rings is 1. The van der Waals surface area contributed by atoms with Gasteiger partial charge >= 0.3 is 12.3 Å². The molecule has 2 amide bonds. The molecule has 44 heavy (non-hydrogen) atoms. The summed E-state index contributed by atoms with van der Waals surface area (Å²) < 4.78 is 47.5. The van der Waals surface area contributed by atoms with Crippen LogP contribution in [0.2, 0.25) is 0 Å². The van der Waals surface area contributed by atoms with Crippen molar-refractivity contribution < 1.29 is 27.5 Å². The summed E-state index contributed by atoms with van der Waals surface area (Å²) in [5.41, 5.74) is 2.36. The number of rotatable bonds is 7. The fourth-order valence-corrected chi connectivity index (χ4v) is 4.84. The number of anilines is 3. The minimum Gasteiger partial charge on any atom is -0.453 e. The van der Waals surface area contributed by atoms with Crippen molar-refractivity contribution in [3.05, 3.63) is 77.6 Å². The summed E-state index contributed by atoms with van der Waals surface area (Å²) in [6, 6.07) is 11.9. The van der Waals surface area contributed by atoms with Gasteiger partial charge in [-0.05, 0) is 61.5 Å². The van der Waals surface area contributed by atoms with Gasteiger partial charge in [-0.3, -0.25) is 10.1 Å². The second-order valence-corrected chi connectivity index (χ2v) is 10.2. The number of likely N-dealkylation sites (N-methyl/N-ethyl adjacent to an activating group) is 1. The molecule has 1 aliphatic heterocycles. The van der Waals surface area contributed by atoms with Gasteiger partial charge in [0.1, 0.15) is 11.5 Å². The maximum absolute atomic E-state index is 13.8. The van der Waals surface area contributed by atoms with E-state index in [0.717, 1.165) is 37.3 Å². The van der Waals surface area contributed by atoms with Gasteiger partial charge < -0.3 is 19.9 Å². The first kappa shape index (κ1) is 30.5. The Balaban J connectivity index is 1.36. The monoisotopic (exact) mass is 608 g/mol. The fourth-order valence-electron chi connectivity index (χ4n) is 4.84. The van der Waals surface area contributed by atoms with Crippen molar-refractivity contribution in [3.63, 3.8) is 0 Å². The van der Waals surface area contributed by atoms with Gasteiger partial charge in [0.2, 0.25) is 0 Å². The Morgan fingerprint density at radius 2 is 1.77 bits per heavy atom. The van der Waals surface area contributed by atoms with Crippen molar-refractivity contribution in [1.82, 2.24) is 24.9 Å². The zero-order chi connectivity index (χ0) is 31.4. The number of hydrogen-bond donors (Lipinski definition) is 2. The first-order chi connectivity index (χ1) is 21.0. The number of alkyl halides is 3. The molecule has 230 valence electrons. The molecular weight excluding hydrogens is 577 g/mol. The van der Waals surface area contributed by atoms with Gasteiger partial charge in [0.15, 0.2) is 0 Å². The maximum atomic E-state index is 13.8. The van der Waals surface area contributed by atoms with Crippen LogP contribution in [0.25, 0.3) is 16.9 Å². The van der Waals surface area contributed by atoms with Crippen molar-refractivity contribution in [1.29, 1.82) is 0 Å². The number of aryl methyl sites for hydroxylation is 1. The number of halogens is 3. The van der Waals surface area contributed by atoms with E-state index >= 15 is 0 Å². The lowest BCUT2D eigenvalue weighted by molar-refractivity contribution is -0.137. The van der Waals surface area contributed by atoms with Crippen molar-refractivity contribution in [2.24, 2.45) is 0 Å². The van der Waals surface area contributed by atoms with Crippen LogP contribution in [0.4, 0.5) is 35.2 Å². The molecule has 11 nitrogen and oxygen atoms in total. The average molecular weight is 609 g/mol. The van der Waals surface area contributed by atoms with Gasteiger partial charge in [0.05, 0.1) is 24.6 Å². The van der Waals surface area contributed by atoms with Crippen molar-refractivity contribution >= 4 is 29.2 Å². The van der Waals surface area contributed by atoms with Crippen LogP contribution in [0.1, 0.15) is 28.4 Å². The highest BCUT2D eigenvalue weighted by atomic mass is 19.4. The molecule has 2 aromatic carbocycles. The Labute approximate surface area is 251 Å². The van der Waals surface area contributed by atoms with E-state index in [4.69, 9.17) is 0 Å². The average Bonchev–Trinajstić information content (AvgIpc) is 3.51. The molecule has 1 saturated heterocycles. The van der Waals surface area contributed by atoms with Crippen LogP contribution in [-0.4, -0.2) is 76.7 Å². The van der Waals surface area contributed by atoms with E-state index in [-0.39, 0.29) is 11.3 Å². The van der Waals surface area contributed by atoms with Crippen LogP contribution in [0, 0.1) is 6.92 Å². The summed E-state index contributed by atoms with van der Waals surface area (Å²) in [7, 11) is 1.25. The number of nitrogens with one attached hydrogen (secondary N) is 2.